The minimum atomic E-state index is -0.185. The first-order valence-corrected chi connectivity index (χ1v) is 8.89. The minimum absolute atomic E-state index is 0.0506. The number of ketones is 1. The van der Waals surface area contributed by atoms with Crippen LogP contribution in [0, 0.1) is 10.8 Å². The number of fused-ring (bicyclic) bond motifs is 1. The monoisotopic (exact) mass is 348 g/mol. The van der Waals surface area contributed by atoms with Crippen molar-refractivity contribution >= 4 is 16.7 Å². The molecular weight excluding hydrogens is 328 g/mol. The second-order valence-electron chi connectivity index (χ2n) is 8.06. The van der Waals surface area contributed by atoms with Gasteiger partial charge in [0.25, 0.3) is 0 Å². The molecule has 3 saturated carbocycles. The quantitative estimate of drug-likeness (QED) is 0.765. The summed E-state index contributed by atoms with van der Waals surface area (Å²) in [5.74, 6) is 0.260. The van der Waals surface area contributed by atoms with E-state index in [2.05, 4.69) is 21.1 Å². The third kappa shape index (κ3) is 2.22. The Kier molecular flexibility index (Phi) is 3.13. The van der Waals surface area contributed by atoms with Gasteiger partial charge < -0.3 is 5.11 Å². The summed E-state index contributed by atoms with van der Waals surface area (Å²) >= 11 is 0. The normalized spacial score (nSPS) is 26.4. The number of Topliss-reactive ketones (excluding diaryl/α,β-unsaturated/α-hetero) is 1. The van der Waals surface area contributed by atoms with E-state index in [9.17, 15) is 9.90 Å². The third-order valence-corrected chi connectivity index (χ3v) is 6.07. The molecule has 0 atom stereocenters. The van der Waals surface area contributed by atoms with Crippen molar-refractivity contribution in [2.45, 2.75) is 25.7 Å². The number of rotatable bonds is 5. The average Bonchev–Trinajstić information content (AvgIpc) is 2.99. The lowest BCUT2D eigenvalue weighted by Gasteiger charge is -2.69. The third-order valence-electron chi connectivity index (χ3n) is 6.07. The lowest BCUT2D eigenvalue weighted by atomic mass is 9.34. The van der Waals surface area contributed by atoms with E-state index in [1.807, 2.05) is 31.7 Å². The average molecular weight is 348 g/mol. The lowest BCUT2D eigenvalue weighted by Crippen LogP contribution is -2.67. The Balaban J connectivity index is 1.40. The Bertz CT molecular complexity index is 1020. The van der Waals surface area contributed by atoms with Crippen LogP contribution in [0.15, 0.2) is 36.9 Å². The number of hydrogen-bond donors (Lipinski definition) is 1. The number of hydrogen-bond acceptors (Lipinski definition) is 5. The Morgan fingerprint density at radius 2 is 1.96 bits per heavy atom. The summed E-state index contributed by atoms with van der Waals surface area (Å²) in [5, 5.41) is 14.6. The summed E-state index contributed by atoms with van der Waals surface area (Å²) in [6.07, 6.45) is 10.2. The number of aliphatic hydroxyl groups excluding tert-OH is 1. The highest BCUT2D eigenvalue weighted by molar-refractivity contribution is 5.91. The van der Waals surface area contributed by atoms with Crippen molar-refractivity contribution in [3.63, 3.8) is 0 Å². The van der Waals surface area contributed by atoms with Crippen LogP contribution in [-0.2, 0) is 18.3 Å². The number of aryl methyl sites for hydroxylation is 1. The van der Waals surface area contributed by atoms with E-state index in [1.54, 1.807) is 10.9 Å². The van der Waals surface area contributed by atoms with Crippen LogP contribution in [0.1, 0.15) is 25.0 Å². The second kappa shape index (κ2) is 5.20. The SMILES string of the molecule is Cn1cc(-c2cnc3cnc(CC(=O)C45CC(CO)(C4)C5)cc3c2)cn1. The number of nitrogens with zero attached hydrogens (tertiary/aromatic N) is 4. The van der Waals surface area contributed by atoms with E-state index in [4.69, 9.17) is 0 Å². The zero-order chi connectivity index (χ0) is 17.9. The fourth-order valence-corrected chi connectivity index (χ4v) is 4.72. The molecule has 6 nitrogen and oxygen atoms in total. The topological polar surface area (TPSA) is 80.9 Å². The van der Waals surface area contributed by atoms with E-state index in [0.717, 1.165) is 47.0 Å². The fraction of sp³-hybridized carbons (Fsp3) is 0.400. The maximum Gasteiger partial charge on any atom is 0.145 e. The van der Waals surface area contributed by atoms with Gasteiger partial charge in [0.15, 0.2) is 0 Å². The molecule has 3 aliphatic carbocycles. The van der Waals surface area contributed by atoms with Gasteiger partial charge in [-0.15, -0.1) is 0 Å². The van der Waals surface area contributed by atoms with E-state index in [1.165, 1.54) is 0 Å². The van der Waals surface area contributed by atoms with Crippen LogP contribution < -0.4 is 0 Å². The largest absolute Gasteiger partial charge is 0.396 e. The molecule has 3 fully saturated rings. The van der Waals surface area contributed by atoms with E-state index < -0.39 is 0 Å². The predicted molar refractivity (Wildman–Crippen MR) is 96.3 cm³/mol. The second-order valence-corrected chi connectivity index (χ2v) is 8.06. The van der Waals surface area contributed by atoms with E-state index in [0.29, 0.717) is 6.42 Å². The molecule has 0 unspecified atom stereocenters. The molecular formula is C20H20N4O2. The molecule has 132 valence electrons. The molecule has 0 aliphatic heterocycles. The first-order valence-electron chi connectivity index (χ1n) is 8.89. The van der Waals surface area contributed by atoms with Crippen LogP contribution in [0.2, 0.25) is 0 Å². The molecule has 1 N–H and O–H groups in total. The molecule has 0 saturated heterocycles. The molecule has 6 rings (SSSR count). The first kappa shape index (κ1) is 15.6. The Labute approximate surface area is 150 Å². The van der Waals surface area contributed by atoms with Crippen LogP contribution >= 0.6 is 0 Å². The van der Waals surface area contributed by atoms with Crippen LogP contribution in [-0.4, -0.2) is 37.2 Å². The molecule has 2 bridgehead atoms. The molecule has 26 heavy (non-hydrogen) atoms. The number of pyridine rings is 2. The molecule has 6 heteroatoms. The highest BCUT2D eigenvalue weighted by atomic mass is 16.3. The highest BCUT2D eigenvalue weighted by Crippen LogP contribution is 2.73. The van der Waals surface area contributed by atoms with Gasteiger partial charge in [-0.05, 0) is 36.8 Å². The zero-order valence-corrected chi connectivity index (χ0v) is 14.6. The van der Waals surface area contributed by atoms with Gasteiger partial charge in [-0.2, -0.15) is 5.10 Å². The molecule has 3 aromatic rings. The van der Waals surface area contributed by atoms with Crippen LogP contribution in [0.5, 0.6) is 0 Å². The van der Waals surface area contributed by atoms with Crippen LogP contribution in [0.4, 0.5) is 0 Å². The molecule has 0 amide bonds. The summed E-state index contributed by atoms with van der Waals surface area (Å²) in [5.41, 5.74) is 3.48. The van der Waals surface area contributed by atoms with Gasteiger partial charge in [0, 0.05) is 60.1 Å². The summed E-state index contributed by atoms with van der Waals surface area (Å²) in [6, 6.07) is 4.03. The summed E-state index contributed by atoms with van der Waals surface area (Å²) in [4.78, 5) is 21.6. The van der Waals surface area contributed by atoms with Gasteiger partial charge in [0.05, 0.1) is 17.9 Å². The van der Waals surface area contributed by atoms with Crippen LogP contribution in [0.25, 0.3) is 22.0 Å². The van der Waals surface area contributed by atoms with Crippen molar-refractivity contribution in [1.29, 1.82) is 0 Å². The maximum atomic E-state index is 12.7. The summed E-state index contributed by atoms with van der Waals surface area (Å²) in [6.45, 7) is 0.207. The van der Waals surface area contributed by atoms with Gasteiger partial charge >= 0.3 is 0 Å². The maximum absolute atomic E-state index is 12.7. The smallest absolute Gasteiger partial charge is 0.145 e. The van der Waals surface area contributed by atoms with Gasteiger partial charge in [0.2, 0.25) is 0 Å². The van der Waals surface area contributed by atoms with Gasteiger partial charge in [0.1, 0.15) is 5.78 Å². The standard InChI is InChI=1S/C20H20N4O2/c1-24-8-15(6-23-24)14-2-13-3-16(21-7-17(13)22-5-14)4-18(26)20-9-19(10-20,11-20)12-25/h2-3,5-8,25H,4,9-12H2,1H3. The molecule has 3 aliphatic rings. The molecule has 0 radical (unpaired) electrons. The lowest BCUT2D eigenvalue weighted by molar-refractivity contribution is -0.218. The summed E-state index contributed by atoms with van der Waals surface area (Å²) < 4.78 is 1.76. The van der Waals surface area contributed by atoms with E-state index in [-0.39, 0.29) is 23.2 Å². The van der Waals surface area contributed by atoms with Crippen molar-refractivity contribution in [3.8, 4) is 11.1 Å². The van der Waals surface area contributed by atoms with Crippen molar-refractivity contribution in [2.24, 2.45) is 17.9 Å². The van der Waals surface area contributed by atoms with Crippen molar-refractivity contribution in [1.82, 2.24) is 19.7 Å². The zero-order valence-electron chi connectivity index (χ0n) is 14.6. The van der Waals surface area contributed by atoms with Gasteiger partial charge in [-0.1, -0.05) is 0 Å². The molecule has 0 spiro atoms. The predicted octanol–water partition coefficient (Wildman–Crippen LogP) is 2.30. The van der Waals surface area contributed by atoms with Crippen molar-refractivity contribution < 1.29 is 9.90 Å². The Hall–Kier alpha value is -2.60. The Morgan fingerprint density at radius 3 is 2.65 bits per heavy atom. The fourth-order valence-electron chi connectivity index (χ4n) is 4.72. The van der Waals surface area contributed by atoms with Gasteiger partial charge in [-0.25, -0.2) is 0 Å². The molecule has 3 heterocycles. The number of carbonyl (C=O) groups excluding carboxylic acids is 1. The van der Waals surface area contributed by atoms with Gasteiger partial charge in [-0.3, -0.25) is 19.4 Å². The Morgan fingerprint density at radius 1 is 1.15 bits per heavy atom. The van der Waals surface area contributed by atoms with Crippen molar-refractivity contribution in [3.05, 3.63) is 42.6 Å². The molecule has 0 aromatic carbocycles. The van der Waals surface area contributed by atoms with Crippen LogP contribution in [0.3, 0.4) is 0 Å². The number of aromatic nitrogens is 4. The van der Waals surface area contributed by atoms with Crippen molar-refractivity contribution in [2.75, 3.05) is 6.61 Å². The minimum Gasteiger partial charge on any atom is -0.396 e. The van der Waals surface area contributed by atoms with E-state index >= 15 is 0 Å². The number of aliphatic hydroxyl groups is 1. The summed E-state index contributed by atoms with van der Waals surface area (Å²) in [7, 11) is 1.89. The number of carbonyl (C=O) groups is 1. The molecule has 3 aromatic heterocycles. The highest BCUT2D eigenvalue weighted by Gasteiger charge is 2.70. The first-order chi connectivity index (χ1) is 12.5.